The van der Waals surface area contributed by atoms with E-state index in [1.807, 2.05) is 0 Å². The van der Waals surface area contributed by atoms with Gasteiger partial charge in [0.1, 0.15) is 6.54 Å². The highest BCUT2D eigenvalue weighted by Gasteiger charge is 2.04. The van der Waals surface area contributed by atoms with Gasteiger partial charge in [-0.1, -0.05) is 18.7 Å². The maximum Gasteiger partial charge on any atom is 0.430 e. The van der Waals surface area contributed by atoms with Crippen LogP contribution in [0, 0.1) is 0 Å². The average Bonchev–Trinajstić information content (AvgIpc) is 2.36. The molecule has 7 nitrogen and oxygen atoms in total. The molecule has 1 aromatic rings. The van der Waals surface area contributed by atoms with Crippen LogP contribution in [-0.4, -0.2) is 23.7 Å². The quantitative estimate of drug-likeness (QED) is 0.574. The Morgan fingerprint density at radius 3 is 2.44 bits per heavy atom. The first-order chi connectivity index (χ1) is 8.52. The second-order valence-electron chi connectivity index (χ2n) is 3.33. The molecule has 7 heteroatoms. The Morgan fingerprint density at radius 1 is 1.33 bits per heavy atom. The zero-order chi connectivity index (χ0) is 13.5. The van der Waals surface area contributed by atoms with Crippen LogP contribution in [0.25, 0.3) is 5.70 Å². The van der Waals surface area contributed by atoms with Gasteiger partial charge in [0, 0.05) is 11.4 Å². The van der Waals surface area contributed by atoms with Crippen LogP contribution in [-0.2, 0) is 9.63 Å². The molecule has 0 bridgehead atoms. The van der Waals surface area contributed by atoms with Crippen LogP contribution in [0.5, 0.6) is 0 Å². The van der Waals surface area contributed by atoms with E-state index < -0.39 is 12.1 Å². The summed E-state index contributed by atoms with van der Waals surface area (Å²) in [6.45, 7) is 3.47. The van der Waals surface area contributed by atoms with Gasteiger partial charge < -0.3 is 15.3 Å². The fourth-order valence-electron chi connectivity index (χ4n) is 1.19. The summed E-state index contributed by atoms with van der Waals surface area (Å²) in [6.07, 6.45) is -0.812. The summed E-state index contributed by atoms with van der Waals surface area (Å²) in [5.74, 6) is 3.72. The molecule has 0 atom stereocenters. The summed E-state index contributed by atoms with van der Waals surface area (Å²) in [4.78, 5) is 25.1. The predicted molar refractivity (Wildman–Crippen MR) is 65.4 cm³/mol. The molecular formula is C11H13N3O4. The first kappa shape index (κ1) is 13.5. The fraction of sp³-hybridized carbons (Fsp3) is 0.0909. The van der Waals surface area contributed by atoms with Crippen LogP contribution >= 0.6 is 0 Å². The molecule has 0 aromatic heterocycles. The van der Waals surface area contributed by atoms with Crippen LogP contribution in [0.3, 0.4) is 0 Å². The van der Waals surface area contributed by atoms with Crippen molar-refractivity contribution in [3.05, 3.63) is 36.4 Å². The van der Waals surface area contributed by atoms with Gasteiger partial charge in [-0.2, -0.15) is 5.90 Å². The Labute approximate surface area is 103 Å². The summed E-state index contributed by atoms with van der Waals surface area (Å²) in [5.41, 5.74) is 1.63. The molecule has 5 N–H and O–H groups in total. The highest BCUT2D eigenvalue weighted by atomic mass is 16.7. The molecule has 0 aliphatic heterocycles. The van der Waals surface area contributed by atoms with Gasteiger partial charge in [-0.25, -0.2) is 4.79 Å². The van der Waals surface area contributed by atoms with Crippen molar-refractivity contribution in [1.29, 1.82) is 0 Å². The first-order valence-electron chi connectivity index (χ1n) is 4.95. The number of benzene rings is 1. The number of carboxylic acids is 1. The van der Waals surface area contributed by atoms with Crippen molar-refractivity contribution >= 4 is 23.4 Å². The number of carbonyl (C=O) groups excluding carboxylic acids is 1. The SMILES string of the molecule is C=C(NC(=O)ON)c1ccc(NCC(=O)O)cc1. The van der Waals surface area contributed by atoms with Crippen molar-refractivity contribution in [2.24, 2.45) is 5.90 Å². The van der Waals surface area contributed by atoms with E-state index in [4.69, 9.17) is 5.11 Å². The lowest BCUT2D eigenvalue weighted by molar-refractivity contribution is -0.134. The van der Waals surface area contributed by atoms with E-state index in [0.29, 0.717) is 16.9 Å². The summed E-state index contributed by atoms with van der Waals surface area (Å²) in [6, 6.07) is 6.67. The molecule has 18 heavy (non-hydrogen) atoms. The number of amides is 1. The monoisotopic (exact) mass is 251 g/mol. The Morgan fingerprint density at radius 2 is 1.94 bits per heavy atom. The normalized spacial score (nSPS) is 9.39. The lowest BCUT2D eigenvalue weighted by atomic mass is 10.1. The molecule has 0 unspecified atom stereocenters. The van der Waals surface area contributed by atoms with Crippen LogP contribution < -0.4 is 16.5 Å². The first-order valence-corrected chi connectivity index (χ1v) is 4.95. The van der Waals surface area contributed by atoms with Gasteiger partial charge in [-0.3, -0.25) is 10.1 Å². The minimum absolute atomic E-state index is 0.169. The number of hydrogen-bond donors (Lipinski definition) is 4. The predicted octanol–water partition coefficient (Wildman–Crippen LogP) is 0.754. The van der Waals surface area contributed by atoms with Crippen molar-refractivity contribution in [2.45, 2.75) is 0 Å². The number of nitrogens with one attached hydrogen (secondary N) is 2. The number of anilines is 1. The molecule has 0 aliphatic carbocycles. The fourth-order valence-corrected chi connectivity index (χ4v) is 1.19. The second-order valence-corrected chi connectivity index (χ2v) is 3.33. The number of rotatable bonds is 5. The van der Waals surface area contributed by atoms with Crippen molar-refractivity contribution < 1.29 is 19.5 Å². The maximum absolute atomic E-state index is 10.8. The van der Waals surface area contributed by atoms with Gasteiger partial charge >= 0.3 is 12.1 Å². The van der Waals surface area contributed by atoms with E-state index in [9.17, 15) is 9.59 Å². The lowest BCUT2D eigenvalue weighted by Gasteiger charge is -2.08. The summed E-state index contributed by atoms with van der Waals surface area (Å²) < 4.78 is 0. The van der Waals surface area contributed by atoms with Crippen molar-refractivity contribution in [3.8, 4) is 0 Å². The molecule has 1 rings (SSSR count). The maximum atomic E-state index is 10.8. The van der Waals surface area contributed by atoms with Crippen LogP contribution in [0.1, 0.15) is 5.56 Å². The largest absolute Gasteiger partial charge is 0.480 e. The lowest BCUT2D eigenvalue weighted by Crippen LogP contribution is -2.24. The van der Waals surface area contributed by atoms with E-state index in [0.717, 1.165) is 0 Å². The van der Waals surface area contributed by atoms with Crippen LogP contribution in [0.4, 0.5) is 10.5 Å². The van der Waals surface area contributed by atoms with Crippen LogP contribution in [0.2, 0.25) is 0 Å². The van der Waals surface area contributed by atoms with Gasteiger partial charge in [0.05, 0.1) is 0 Å². The minimum atomic E-state index is -0.948. The molecule has 1 aromatic carbocycles. The van der Waals surface area contributed by atoms with E-state index in [1.165, 1.54) is 0 Å². The number of nitrogens with two attached hydrogens (primary N) is 1. The molecule has 96 valence electrons. The van der Waals surface area contributed by atoms with E-state index in [1.54, 1.807) is 24.3 Å². The highest BCUT2D eigenvalue weighted by molar-refractivity contribution is 5.81. The van der Waals surface area contributed by atoms with Crippen molar-refractivity contribution in [1.82, 2.24) is 5.32 Å². The molecule has 0 heterocycles. The standard InChI is InChI=1S/C11H13N3O4/c1-7(14-11(17)18-12)8-2-4-9(5-3-8)13-6-10(15)16/h2-5,13H,1,6,12H2,(H,14,17)(H,15,16). The number of hydrogen-bond acceptors (Lipinski definition) is 5. The zero-order valence-corrected chi connectivity index (χ0v) is 9.47. The molecule has 0 spiro atoms. The van der Waals surface area contributed by atoms with Gasteiger partial charge in [0.25, 0.3) is 0 Å². The zero-order valence-electron chi connectivity index (χ0n) is 9.47. The third-order valence-corrected chi connectivity index (χ3v) is 2.04. The van der Waals surface area contributed by atoms with Crippen molar-refractivity contribution in [2.75, 3.05) is 11.9 Å². The van der Waals surface area contributed by atoms with E-state index in [2.05, 4.69) is 27.9 Å². The highest BCUT2D eigenvalue weighted by Crippen LogP contribution is 2.14. The molecule has 1 amide bonds. The molecule has 0 saturated carbocycles. The Bertz CT molecular complexity index is 456. The molecule has 0 radical (unpaired) electrons. The van der Waals surface area contributed by atoms with Gasteiger partial charge in [-0.05, 0) is 17.7 Å². The topological polar surface area (TPSA) is 114 Å². The molecule has 0 fully saturated rings. The number of carbonyl (C=O) groups is 2. The van der Waals surface area contributed by atoms with Gasteiger partial charge in [0.15, 0.2) is 0 Å². The summed E-state index contributed by atoms with van der Waals surface area (Å²) in [5, 5.41) is 13.5. The average molecular weight is 251 g/mol. The Kier molecular flexibility index (Phi) is 4.70. The van der Waals surface area contributed by atoms with E-state index >= 15 is 0 Å². The minimum Gasteiger partial charge on any atom is -0.480 e. The van der Waals surface area contributed by atoms with E-state index in [-0.39, 0.29) is 6.54 Å². The van der Waals surface area contributed by atoms with Gasteiger partial charge in [0.2, 0.25) is 0 Å². The third-order valence-electron chi connectivity index (χ3n) is 2.04. The molecular weight excluding hydrogens is 238 g/mol. The molecule has 0 aliphatic rings. The van der Waals surface area contributed by atoms with Crippen LogP contribution in [0.15, 0.2) is 30.8 Å². The number of aliphatic carboxylic acids is 1. The van der Waals surface area contributed by atoms with Crippen molar-refractivity contribution in [3.63, 3.8) is 0 Å². The number of carboxylic acid groups (broad SMARTS) is 1. The summed E-state index contributed by atoms with van der Waals surface area (Å²) in [7, 11) is 0. The smallest absolute Gasteiger partial charge is 0.430 e. The summed E-state index contributed by atoms with van der Waals surface area (Å²) >= 11 is 0. The molecule has 0 saturated heterocycles. The Balaban J connectivity index is 2.62. The second kappa shape index (κ2) is 6.26. The van der Waals surface area contributed by atoms with Gasteiger partial charge in [-0.15, -0.1) is 0 Å². The Hall–Kier alpha value is -2.54. The third kappa shape index (κ3) is 4.14.